The van der Waals surface area contributed by atoms with Crippen LogP contribution in [0.3, 0.4) is 0 Å². The molecule has 4 nitrogen and oxygen atoms in total. The van der Waals surface area contributed by atoms with E-state index >= 15 is 0 Å². The monoisotopic (exact) mass is 229 g/mol. The molecule has 0 bridgehead atoms. The average molecular weight is 229 g/mol. The lowest BCUT2D eigenvalue weighted by molar-refractivity contribution is 0.293. The molecule has 4 heteroatoms. The van der Waals surface area contributed by atoms with Crippen LogP contribution in [-0.4, -0.2) is 13.2 Å². The van der Waals surface area contributed by atoms with Gasteiger partial charge in [-0.2, -0.15) is 5.26 Å². The molecule has 0 unspecified atom stereocenters. The van der Waals surface area contributed by atoms with Gasteiger partial charge in [-0.15, -0.1) is 0 Å². The number of benzene rings is 1. The van der Waals surface area contributed by atoms with Gasteiger partial charge in [0.1, 0.15) is 5.75 Å². The van der Waals surface area contributed by atoms with Crippen molar-refractivity contribution in [2.45, 2.75) is 6.42 Å². The predicted molar refractivity (Wildman–Crippen MR) is 65.0 cm³/mol. The molecule has 88 valence electrons. The Morgan fingerprint density at radius 3 is 2.76 bits per heavy atom. The summed E-state index contributed by atoms with van der Waals surface area (Å²) in [6.07, 6.45) is 2.97. The van der Waals surface area contributed by atoms with E-state index in [0.29, 0.717) is 18.1 Å². The Labute approximate surface area is 101 Å². The maximum atomic E-state index is 8.66. The zero-order valence-electron chi connectivity index (χ0n) is 9.52. The van der Waals surface area contributed by atoms with Crippen molar-refractivity contribution in [2.75, 3.05) is 13.2 Å². The molecule has 1 aliphatic rings. The molecule has 0 radical (unpaired) electrons. The molecule has 1 aliphatic heterocycles. The van der Waals surface area contributed by atoms with Gasteiger partial charge in [-0.05, 0) is 36.8 Å². The van der Waals surface area contributed by atoms with Gasteiger partial charge in [0.2, 0.25) is 0 Å². The second-order valence-corrected chi connectivity index (χ2v) is 4.04. The molecule has 0 spiro atoms. The van der Waals surface area contributed by atoms with E-state index in [4.69, 9.17) is 15.7 Å². The zero-order valence-corrected chi connectivity index (χ0v) is 9.52. The van der Waals surface area contributed by atoms with Gasteiger partial charge in [0, 0.05) is 12.5 Å². The van der Waals surface area contributed by atoms with E-state index < -0.39 is 0 Å². The number of rotatable bonds is 4. The number of nitrogens with two attached hydrogens (primary N) is 1. The largest absolute Gasteiger partial charge is 0.494 e. The predicted octanol–water partition coefficient (Wildman–Crippen LogP) is 1.35. The molecule has 0 saturated carbocycles. The Hall–Kier alpha value is -2.15. The number of nitrogens with zero attached hydrogens (tertiary/aromatic N) is 1. The molecule has 1 atom stereocenters. The highest BCUT2D eigenvalue weighted by molar-refractivity contribution is 5.34. The van der Waals surface area contributed by atoms with Crippen LogP contribution in [0.5, 0.6) is 5.75 Å². The summed E-state index contributed by atoms with van der Waals surface area (Å²) in [6.45, 7) is 1.55. The topological polar surface area (TPSA) is 71.1 Å². The second kappa shape index (κ2) is 5.26. The van der Waals surface area contributed by atoms with Crippen LogP contribution in [0.25, 0.3) is 0 Å². The summed E-state index contributed by atoms with van der Waals surface area (Å²) in [7, 11) is 0. The van der Waals surface area contributed by atoms with Gasteiger partial charge in [-0.1, -0.05) is 0 Å². The summed E-state index contributed by atoms with van der Waals surface area (Å²) in [6, 6.07) is 9.21. The normalized spacial score (nSPS) is 18.1. The van der Waals surface area contributed by atoms with Crippen LogP contribution < -0.4 is 15.8 Å². The number of ether oxygens (including phenoxy) is 1. The minimum atomic E-state index is 0.452. The summed E-state index contributed by atoms with van der Waals surface area (Å²) >= 11 is 0. The molecule has 1 aromatic carbocycles. The van der Waals surface area contributed by atoms with Crippen molar-refractivity contribution >= 4 is 0 Å². The highest BCUT2D eigenvalue weighted by atomic mass is 16.5. The SMILES string of the molecule is N#Cc1ccc(OCC[C@H]2C=C(N)NC2)cc1. The summed E-state index contributed by atoms with van der Waals surface area (Å²) in [5.74, 6) is 2.01. The zero-order chi connectivity index (χ0) is 12.1. The molecule has 17 heavy (non-hydrogen) atoms. The molecule has 1 heterocycles. The lowest BCUT2D eigenvalue weighted by Crippen LogP contribution is -2.17. The number of nitrogens with one attached hydrogen (secondary N) is 1. The quantitative estimate of drug-likeness (QED) is 0.817. The molecule has 2 rings (SSSR count). The first-order valence-electron chi connectivity index (χ1n) is 5.62. The number of nitriles is 1. The van der Waals surface area contributed by atoms with Crippen LogP contribution in [0, 0.1) is 17.2 Å². The van der Waals surface area contributed by atoms with Gasteiger partial charge in [0.25, 0.3) is 0 Å². The Morgan fingerprint density at radius 1 is 1.41 bits per heavy atom. The standard InChI is InChI=1S/C13H15N3O/c14-8-10-1-3-12(4-2-10)17-6-5-11-7-13(15)16-9-11/h1-4,7,11,16H,5-6,9,15H2/t11-/m0/s1. The maximum Gasteiger partial charge on any atom is 0.119 e. The second-order valence-electron chi connectivity index (χ2n) is 4.04. The van der Waals surface area contributed by atoms with Gasteiger partial charge in [0.15, 0.2) is 0 Å². The van der Waals surface area contributed by atoms with Crippen LogP contribution in [0.4, 0.5) is 0 Å². The van der Waals surface area contributed by atoms with Crippen molar-refractivity contribution in [3.63, 3.8) is 0 Å². The van der Waals surface area contributed by atoms with Gasteiger partial charge in [0.05, 0.1) is 24.1 Å². The summed E-state index contributed by atoms with van der Waals surface area (Å²) in [5.41, 5.74) is 6.26. The molecule has 0 saturated heterocycles. The fourth-order valence-corrected chi connectivity index (χ4v) is 1.76. The van der Waals surface area contributed by atoms with Crippen molar-refractivity contribution in [2.24, 2.45) is 11.7 Å². The summed E-state index contributed by atoms with van der Waals surface area (Å²) in [4.78, 5) is 0. The van der Waals surface area contributed by atoms with Crippen LogP contribution in [-0.2, 0) is 0 Å². The maximum absolute atomic E-state index is 8.66. The third kappa shape index (κ3) is 3.15. The molecular weight excluding hydrogens is 214 g/mol. The van der Waals surface area contributed by atoms with E-state index in [1.807, 2.05) is 18.2 Å². The summed E-state index contributed by atoms with van der Waals surface area (Å²) < 4.78 is 5.60. The minimum absolute atomic E-state index is 0.452. The van der Waals surface area contributed by atoms with E-state index in [2.05, 4.69) is 11.4 Å². The van der Waals surface area contributed by atoms with Gasteiger partial charge in [-0.25, -0.2) is 0 Å². The Kier molecular flexibility index (Phi) is 3.51. The molecule has 3 N–H and O–H groups in total. The lowest BCUT2D eigenvalue weighted by atomic mass is 10.1. The minimum Gasteiger partial charge on any atom is -0.494 e. The molecule has 0 amide bonds. The van der Waals surface area contributed by atoms with Gasteiger partial charge >= 0.3 is 0 Å². The molecular formula is C13H15N3O. The van der Waals surface area contributed by atoms with E-state index in [1.54, 1.807) is 12.1 Å². The van der Waals surface area contributed by atoms with Crippen LogP contribution in [0.15, 0.2) is 36.2 Å². The van der Waals surface area contributed by atoms with E-state index in [0.717, 1.165) is 24.5 Å². The van der Waals surface area contributed by atoms with Crippen molar-refractivity contribution in [1.82, 2.24) is 5.32 Å². The molecule has 0 fully saturated rings. The first-order chi connectivity index (χ1) is 8.28. The Bertz CT molecular complexity index is 445. The fraction of sp³-hybridized carbons (Fsp3) is 0.308. The average Bonchev–Trinajstić information content (AvgIpc) is 2.76. The molecule has 1 aromatic rings. The Balaban J connectivity index is 1.76. The summed E-state index contributed by atoms with van der Waals surface area (Å²) in [5, 5.41) is 11.7. The fourth-order valence-electron chi connectivity index (χ4n) is 1.76. The first-order valence-corrected chi connectivity index (χ1v) is 5.62. The lowest BCUT2D eigenvalue weighted by Gasteiger charge is -2.09. The number of hydrogen-bond acceptors (Lipinski definition) is 4. The van der Waals surface area contributed by atoms with Crippen LogP contribution >= 0.6 is 0 Å². The van der Waals surface area contributed by atoms with E-state index in [1.165, 1.54) is 0 Å². The van der Waals surface area contributed by atoms with Crippen LogP contribution in [0.2, 0.25) is 0 Å². The molecule has 0 aliphatic carbocycles. The Morgan fingerprint density at radius 2 is 2.18 bits per heavy atom. The third-order valence-corrected chi connectivity index (χ3v) is 2.72. The van der Waals surface area contributed by atoms with Gasteiger partial charge < -0.3 is 15.8 Å². The van der Waals surface area contributed by atoms with Crippen molar-refractivity contribution in [1.29, 1.82) is 5.26 Å². The first kappa shape index (κ1) is 11.3. The number of hydrogen-bond donors (Lipinski definition) is 2. The van der Waals surface area contributed by atoms with E-state index in [9.17, 15) is 0 Å². The molecule has 0 aromatic heterocycles. The van der Waals surface area contributed by atoms with Gasteiger partial charge in [-0.3, -0.25) is 0 Å². The van der Waals surface area contributed by atoms with Crippen molar-refractivity contribution < 1.29 is 4.74 Å². The smallest absolute Gasteiger partial charge is 0.119 e. The highest BCUT2D eigenvalue weighted by Gasteiger charge is 2.12. The third-order valence-electron chi connectivity index (χ3n) is 2.72. The van der Waals surface area contributed by atoms with Crippen LogP contribution in [0.1, 0.15) is 12.0 Å². The van der Waals surface area contributed by atoms with Crippen molar-refractivity contribution in [3.05, 3.63) is 41.7 Å². The van der Waals surface area contributed by atoms with E-state index in [-0.39, 0.29) is 0 Å². The van der Waals surface area contributed by atoms with Crippen molar-refractivity contribution in [3.8, 4) is 11.8 Å². The highest BCUT2D eigenvalue weighted by Crippen LogP contribution is 2.15.